The Morgan fingerprint density at radius 3 is 2.73 bits per heavy atom. The van der Waals surface area contributed by atoms with E-state index in [9.17, 15) is 4.79 Å². The summed E-state index contributed by atoms with van der Waals surface area (Å²) in [5.74, 6) is 0.404. The maximum atomic E-state index is 11.2. The van der Waals surface area contributed by atoms with E-state index in [0.29, 0.717) is 18.4 Å². The second kappa shape index (κ2) is 4.60. The van der Waals surface area contributed by atoms with Gasteiger partial charge in [0.05, 0.1) is 6.54 Å². The van der Waals surface area contributed by atoms with Crippen molar-refractivity contribution in [2.24, 2.45) is 0 Å². The molecule has 2 heterocycles. The summed E-state index contributed by atoms with van der Waals surface area (Å²) in [6, 6.07) is 0.592. The Bertz CT molecular complexity index is 244. The number of carbonyl (C=O) groups excluding carboxylic acids is 1. The first-order valence-corrected chi connectivity index (χ1v) is 5.78. The molecule has 2 aliphatic rings. The molecule has 0 aromatic rings. The molecule has 4 nitrogen and oxygen atoms in total. The van der Waals surface area contributed by atoms with E-state index in [2.05, 4.69) is 28.8 Å². The first kappa shape index (κ1) is 11.0. The van der Waals surface area contributed by atoms with E-state index >= 15 is 0 Å². The lowest BCUT2D eigenvalue weighted by atomic mass is 10.2. The first-order valence-electron chi connectivity index (χ1n) is 5.78. The molecule has 0 aromatic carbocycles. The summed E-state index contributed by atoms with van der Waals surface area (Å²) in [5, 5.41) is 0. The molecule has 0 N–H and O–H groups in total. The predicted molar refractivity (Wildman–Crippen MR) is 60.0 cm³/mol. The summed E-state index contributed by atoms with van der Waals surface area (Å²) in [7, 11) is 4.37. The van der Waals surface area contributed by atoms with Gasteiger partial charge in [-0.15, -0.1) is 0 Å². The fourth-order valence-electron chi connectivity index (χ4n) is 2.44. The van der Waals surface area contributed by atoms with Gasteiger partial charge in [-0.2, -0.15) is 0 Å². The van der Waals surface area contributed by atoms with Crippen molar-refractivity contribution in [3.05, 3.63) is 0 Å². The molecule has 2 aliphatic heterocycles. The highest BCUT2D eigenvalue weighted by atomic mass is 16.1. The van der Waals surface area contributed by atoms with Crippen LogP contribution in [0, 0.1) is 0 Å². The Hall–Kier alpha value is -0.450. The van der Waals surface area contributed by atoms with Crippen LogP contribution in [0.4, 0.5) is 0 Å². The molecule has 2 rings (SSSR count). The number of carbonyl (C=O) groups is 1. The molecule has 15 heavy (non-hydrogen) atoms. The zero-order valence-electron chi connectivity index (χ0n) is 9.78. The van der Waals surface area contributed by atoms with Gasteiger partial charge in [0.1, 0.15) is 5.78 Å². The second-order valence-corrected chi connectivity index (χ2v) is 4.92. The Kier molecular flexibility index (Phi) is 3.38. The molecule has 4 heteroatoms. The molecule has 0 saturated carbocycles. The lowest BCUT2D eigenvalue weighted by Crippen LogP contribution is -2.54. The van der Waals surface area contributed by atoms with Gasteiger partial charge in [0.25, 0.3) is 0 Å². The highest BCUT2D eigenvalue weighted by Gasteiger charge is 2.27. The molecular formula is C11H21N3O. The van der Waals surface area contributed by atoms with Crippen LogP contribution in [0.15, 0.2) is 0 Å². The Morgan fingerprint density at radius 1 is 1.27 bits per heavy atom. The summed E-state index contributed by atoms with van der Waals surface area (Å²) in [6.45, 7) is 6.11. The average Bonchev–Trinajstić information content (AvgIpc) is 2.58. The summed E-state index contributed by atoms with van der Waals surface area (Å²) in [5.41, 5.74) is 0. The largest absolute Gasteiger partial charge is 0.303 e. The van der Waals surface area contributed by atoms with Crippen LogP contribution in [0.1, 0.15) is 6.42 Å². The van der Waals surface area contributed by atoms with E-state index < -0.39 is 0 Å². The molecule has 2 saturated heterocycles. The van der Waals surface area contributed by atoms with Crippen LogP contribution in [0.2, 0.25) is 0 Å². The molecule has 2 fully saturated rings. The van der Waals surface area contributed by atoms with Gasteiger partial charge in [0, 0.05) is 45.2 Å². The maximum absolute atomic E-state index is 11.2. The van der Waals surface area contributed by atoms with Crippen molar-refractivity contribution in [1.82, 2.24) is 14.7 Å². The van der Waals surface area contributed by atoms with Crippen molar-refractivity contribution in [1.29, 1.82) is 0 Å². The van der Waals surface area contributed by atoms with Crippen LogP contribution in [0.5, 0.6) is 0 Å². The van der Waals surface area contributed by atoms with Gasteiger partial charge < -0.3 is 4.90 Å². The summed E-state index contributed by atoms with van der Waals surface area (Å²) < 4.78 is 0. The van der Waals surface area contributed by atoms with Gasteiger partial charge in [0.2, 0.25) is 0 Å². The van der Waals surface area contributed by atoms with Crippen molar-refractivity contribution in [2.45, 2.75) is 12.5 Å². The number of rotatable bonds is 2. The van der Waals surface area contributed by atoms with Gasteiger partial charge in [0.15, 0.2) is 0 Å². The number of likely N-dealkylation sites (N-methyl/N-ethyl adjacent to an activating group) is 2. The first-order chi connectivity index (χ1) is 7.15. The summed E-state index contributed by atoms with van der Waals surface area (Å²) in [4.78, 5) is 18.3. The van der Waals surface area contributed by atoms with Crippen LogP contribution >= 0.6 is 0 Å². The van der Waals surface area contributed by atoms with E-state index in [4.69, 9.17) is 0 Å². The summed E-state index contributed by atoms with van der Waals surface area (Å²) in [6.07, 6.45) is 0.756. The number of ketones is 1. The topological polar surface area (TPSA) is 26.8 Å². The third-order valence-electron chi connectivity index (χ3n) is 3.56. The molecule has 0 aromatic heterocycles. The molecule has 0 bridgehead atoms. The Balaban J connectivity index is 1.84. The summed E-state index contributed by atoms with van der Waals surface area (Å²) >= 11 is 0. The van der Waals surface area contributed by atoms with Crippen molar-refractivity contribution in [3.8, 4) is 0 Å². The number of hydrogen-bond acceptors (Lipinski definition) is 4. The number of Topliss-reactive ketones (excluding diaryl/α,β-unsaturated/α-hetero) is 1. The molecule has 0 spiro atoms. The normalized spacial score (nSPS) is 31.3. The highest BCUT2D eigenvalue weighted by Crippen LogP contribution is 2.11. The minimum Gasteiger partial charge on any atom is -0.303 e. The van der Waals surface area contributed by atoms with Crippen LogP contribution in [-0.4, -0.2) is 79.9 Å². The molecule has 0 radical (unpaired) electrons. The minimum atomic E-state index is 0.404. The van der Waals surface area contributed by atoms with E-state index in [1.54, 1.807) is 0 Å². The average molecular weight is 211 g/mol. The van der Waals surface area contributed by atoms with Crippen LogP contribution in [0.25, 0.3) is 0 Å². The highest BCUT2D eigenvalue weighted by molar-refractivity contribution is 5.82. The van der Waals surface area contributed by atoms with Crippen molar-refractivity contribution in [3.63, 3.8) is 0 Å². The fraction of sp³-hybridized carbons (Fsp3) is 0.909. The zero-order chi connectivity index (χ0) is 10.8. The van der Waals surface area contributed by atoms with E-state index in [0.717, 1.165) is 39.1 Å². The van der Waals surface area contributed by atoms with Gasteiger partial charge in [-0.1, -0.05) is 0 Å². The monoisotopic (exact) mass is 211 g/mol. The molecule has 1 atom stereocenters. The van der Waals surface area contributed by atoms with Crippen molar-refractivity contribution in [2.75, 3.05) is 53.4 Å². The smallest absolute Gasteiger partial charge is 0.148 e. The van der Waals surface area contributed by atoms with Gasteiger partial charge >= 0.3 is 0 Å². The maximum Gasteiger partial charge on any atom is 0.148 e. The number of likely N-dealkylation sites (tertiary alicyclic amines) is 1. The van der Waals surface area contributed by atoms with Crippen LogP contribution in [-0.2, 0) is 4.79 Å². The Morgan fingerprint density at radius 2 is 2.07 bits per heavy atom. The number of piperazine rings is 1. The molecular weight excluding hydrogens is 190 g/mol. The molecule has 0 aliphatic carbocycles. The molecule has 86 valence electrons. The molecule has 1 unspecified atom stereocenters. The number of nitrogens with zero attached hydrogens (tertiary/aromatic N) is 3. The van der Waals surface area contributed by atoms with Crippen LogP contribution < -0.4 is 0 Å². The Labute approximate surface area is 91.8 Å². The standard InChI is InChI=1S/C11H21N3O/c1-12-5-6-13(2)10(7-12)8-14-4-3-11(15)9-14/h10H,3-9H2,1-2H3. The third-order valence-corrected chi connectivity index (χ3v) is 3.56. The third kappa shape index (κ3) is 2.77. The van der Waals surface area contributed by atoms with E-state index in [-0.39, 0.29) is 0 Å². The van der Waals surface area contributed by atoms with Crippen molar-refractivity contribution >= 4 is 5.78 Å². The SMILES string of the molecule is CN1CCN(C)C(CN2CCC(=O)C2)C1. The fourth-order valence-corrected chi connectivity index (χ4v) is 2.44. The lowest BCUT2D eigenvalue weighted by molar-refractivity contribution is -0.117. The number of hydrogen-bond donors (Lipinski definition) is 0. The minimum absolute atomic E-state index is 0.404. The van der Waals surface area contributed by atoms with Crippen molar-refractivity contribution < 1.29 is 4.79 Å². The van der Waals surface area contributed by atoms with E-state index in [1.165, 1.54) is 0 Å². The van der Waals surface area contributed by atoms with Gasteiger partial charge in [-0.3, -0.25) is 14.6 Å². The van der Waals surface area contributed by atoms with Gasteiger partial charge in [-0.25, -0.2) is 0 Å². The van der Waals surface area contributed by atoms with Gasteiger partial charge in [-0.05, 0) is 14.1 Å². The lowest BCUT2D eigenvalue weighted by Gasteiger charge is -2.39. The second-order valence-electron chi connectivity index (χ2n) is 4.92. The van der Waals surface area contributed by atoms with E-state index in [1.807, 2.05) is 0 Å². The van der Waals surface area contributed by atoms with Crippen LogP contribution in [0.3, 0.4) is 0 Å². The quantitative estimate of drug-likeness (QED) is 0.616. The molecule has 0 amide bonds. The zero-order valence-corrected chi connectivity index (χ0v) is 9.78. The predicted octanol–water partition coefficient (Wildman–Crippen LogP) is -0.493.